The third-order valence-corrected chi connectivity index (χ3v) is 8.12. The molecule has 33 heavy (non-hydrogen) atoms. The van der Waals surface area contributed by atoms with Gasteiger partial charge in [-0.2, -0.15) is 4.31 Å². The molecular weight excluding hydrogens is 436 g/mol. The highest BCUT2D eigenvalue weighted by atomic mass is 32.2. The molecular formula is C26H36N2O4S. The monoisotopic (exact) mass is 472 g/mol. The van der Waals surface area contributed by atoms with Gasteiger partial charge in [-0.25, -0.2) is 8.42 Å². The van der Waals surface area contributed by atoms with Crippen LogP contribution >= 0.6 is 0 Å². The summed E-state index contributed by atoms with van der Waals surface area (Å²) in [5, 5.41) is 3.05. The van der Waals surface area contributed by atoms with Crippen LogP contribution in [0.5, 0.6) is 5.75 Å². The van der Waals surface area contributed by atoms with Crippen molar-refractivity contribution in [3.8, 4) is 5.75 Å². The number of benzene rings is 2. The van der Waals surface area contributed by atoms with E-state index in [0.717, 1.165) is 24.0 Å². The van der Waals surface area contributed by atoms with E-state index in [-0.39, 0.29) is 28.7 Å². The summed E-state index contributed by atoms with van der Waals surface area (Å²) in [4.78, 5) is 12.9. The molecule has 6 nitrogen and oxygen atoms in total. The van der Waals surface area contributed by atoms with E-state index in [0.29, 0.717) is 25.3 Å². The average molecular weight is 473 g/mol. The van der Waals surface area contributed by atoms with Crippen molar-refractivity contribution in [1.82, 2.24) is 9.62 Å². The van der Waals surface area contributed by atoms with Gasteiger partial charge < -0.3 is 10.1 Å². The third-order valence-electron chi connectivity index (χ3n) is 6.23. The second kappa shape index (κ2) is 10.3. The van der Waals surface area contributed by atoms with Crippen LogP contribution in [0.3, 0.4) is 0 Å². The molecule has 1 amide bonds. The van der Waals surface area contributed by atoms with Crippen molar-refractivity contribution < 1.29 is 17.9 Å². The Bertz CT molecular complexity index is 1070. The Hall–Kier alpha value is -2.38. The van der Waals surface area contributed by atoms with Gasteiger partial charge in [0, 0.05) is 19.5 Å². The third kappa shape index (κ3) is 6.15. The fourth-order valence-corrected chi connectivity index (χ4v) is 5.67. The van der Waals surface area contributed by atoms with E-state index in [1.807, 2.05) is 6.92 Å². The molecule has 1 aliphatic heterocycles. The summed E-state index contributed by atoms with van der Waals surface area (Å²) >= 11 is 0. The summed E-state index contributed by atoms with van der Waals surface area (Å²) in [5.74, 6) is 0.506. The van der Waals surface area contributed by atoms with Crippen LogP contribution in [0.15, 0.2) is 47.4 Å². The van der Waals surface area contributed by atoms with Gasteiger partial charge in [0.05, 0.1) is 18.0 Å². The van der Waals surface area contributed by atoms with Crippen LogP contribution in [0.4, 0.5) is 0 Å². The number of rotatable bonds is 8. The number of nitrogens with one attached hydrogen (secondary N) is 1. The zero-order valence-electron chi connectivity index (χ0n) is 20.3. The number of methoxy groups -OCH3 is 1. The summed E-state index contributed by atoms with van der Waals surface area (Å²) in [7, 11) is -1.96. The Balaban J connectivity index is 1.65. The number of nitrogens with zero attached hydrogens (tertiary/aromatic N) is 1. The van der Waals surface area contributed by atoms with Gasteiger partial charge in [-0.3, -0.25) is 4.79 Å². The number of hydrogen-bond donors (Lipinski definition) is 1. The van der Waals surface area contributed by atoms with E-state index < -0.39 is 10.0 Å². The van der Waals surface area contributed by atoms with Gasteiger partial charge in [0.25, 0.3) is 0 Å². The fourth-order valence-electron chi connectivity index (χ4n) is 4.11. The van der Waals surface area contributed by atoms with Crippen molar-refractivity contribution in [2.75, 3.05) is 20.2 Å². The predicted molar refractivity (Wildman–Crippen MR) is 131 cm³/mol. The highest BCUT2D eigenvalue weighted by Gasteiger charge is 2.28. The number of amides is 1. The standard InChI is InChI=1S/C26H36N2O4S/c1-19(20-8-11-22(12-9-20)26(2,3)4)27-25(29)15-10-21-18-23(13-14-24(21)32-5)33(30,31)28-16-6-7-17-28/h8-9,11-14,18-19H,6-7,10,15-17H2,1-5H3,(H,27,29). The van der Waals surface area contributed by atoms with Gasteiger partial charge >= 0.3 is 0 Å². The molecule has 1 heterocycles. The van der Waals surface area contributed by atoms with Gasteiger partial charge in [0.15, 0.2) is 0 Å². The maximum Gasteiger partial charge on any atom is 0.243 e. The summed E-state index contributed by atoms with van der Waals surface area (Å²) in [6, 6.07) is 13.1. The minimum Gasteiger partial charge on any atom is -0.496 e. The number of carbonyl (C=O) groups excluding carboxylic acids is 1. The predicted octanol–water partition coefficient (Wildman–Crippen LogP) is 4.59. The molecule has 1 atom stereocenters. The van der Waals surface area contributed by atoms with Crippen LogP contribution < -0.4 is 10.1 Å². The van der Waals surface area contributed by atoms with Crippen molar-refractivity contribution in [2.45, 2.75) is 69.7 Å². The van der Waals surface area contributed by atoms with Gasteiger partial charge in [0.2, 0.25) is 15.9 Å². The number of aryl methyl sites for hydroxylation is 1. The molecule has 7 heteroatoms. The van der Waals surface area contributed by atoms with Crippen LogP contribution in [0, 0.1) is 0 Å². The lowest BCUT2D eigenvalue weighted by molar-refractivity contribution is -0.121. The van der Waals surface area contributed by atoms with E-state index >= 15 is 0 Å². The minimum absolute atomic E-state index is 0.0842. The first kappa shape index (κ1) is 25.2. The lowest BCUT2D eigenvalue weighted by Crippen LogP contribution is -2.28. The molecule has 0 radical (unpaired) electrons. The van der Waals surface area contributed by atoms with Gasteiger partial charge in [0.1, 0.15) is 5.75 Å². The molecule has 0 spiro atoms. The molecule has 1 aliphatic rings. The molecule has 1 saturated heterocycles. The molecule has 2 aromatic carbocycles. The molecule has 1 fully saturated rings. The average Bonchev–Trinajstić information content (AvgIpc) is 3.33. The maximum absolute atomic E-state index is 12.9. The zero-order valence-corrected chi connectivity index (χ0v) is 21.2. The van der Waals surface area contributed by atoms with Crippen molar-refractivity contribution in [1.29, 1.82) is 0 Å². The Morgan fingerprint density at radius 2 is 1.73 bits per heavy atom. The molecule has 3 rings (SSSR count). The second-order valence-corrected chi connectivity index (χ2v) is 11.7. The maximum atomic E-state index is 12.9. The smallest absolute Gasteiger partial charge is 0.243 e. The quantitative estimate of drug-likeness (QED) is 0.610. The first-order valence-corrected chi connectivity index (χ1v) is 13.0. The van der Waals surface area contributed by atoms with Gasteiger partial charge in [-0.1, -0.05) is 45.0 Å². The SMILES string of the molecule is COc1ccc(S(=O)(=O)N2CCCC2)cc1CCC(=O)NC(C)c1ccc(C(C)(C)C)cc1. The van der Waals surface area contributed by atoms with E-state index in [4.69, 9.17) is 4.74 Å². The first-order chi connectivity index (χ1) is 15.5. The van der Waals surface area contributed by atoms with E-state index in [1.54, 1.807) is 25.3 Å². The van der Waals surface area contributed by atoms with Crippen molar-refractivity contribution >= 4 is 15.9 Å². The first-order valence-electron chi connectivity index (χ1n) is 11.6. The normalized spacial score (nSPS) is 15.9. The molecule has 1 N–H and O–H groups in total. The largest absolute Gasteiger partial charge is 0.496 e. The van der Waals surface area contributed by atoms with Crippen LogP contribution in [-0.2, 0) is 26.7 Å². The van der Waals surface area contributed by atoms with Crippen LogP contribution in [-0.4, -0.2) is 38.8 Å². The zero-order chi connectivity index (χ0) is 24.2. The van der Waals surface area contributed by atoms with E-state index in [2.05, 4.69) is 50.4 Å². The molecule has 0 aliphatic carbocycles. The minimum atomic E-state index is -3.52. The lowest BCUT2D eigenvalue weighted by atomic mass is 9.86. The van der Waals surface area contributed by atoms with Crippen molar-refractivity contribution in [2.24, 2.45) is 0 Å². The topological polar surface area (TPSA) is 75.7 Å². The molecule has 180 valence electrons. The van der Waals surface area contributed by atoms with E-state index in [9.17, 15) is 13.2 Å². The number of ether oxygens (including phenoxy) is 1. The Labute approximate surface area is 198 Å². The molecule has 0 aromatic heterocycles. The fraction of sp³-hybridized carbons (Fsp3) is 0.500. The Morgan fingerprint density at radius 1 is 1.09 bits per heavy atom. The highest BCUT2D eigenvalue weighted by molar-refractivity contribution is 7.89. The van der Waals surface area contributed by atoms with Crippen LogP contribution in [0.25, 0.3) is 0 Å². The summed E-state index contributed by atoms with van der Waals surface area (Å²) in [6.45, 7) is 9.60. The molecule has 0 bridgehead atoms. The second-order valence-electron chi connectivity index (χ2n) is 9.75. The van der Waals surface area contributed by atoms with Crippen LogP contribution in [0.2, 0.25) is 0 Å². The van der Waals surface area contributed by atoms with Gasteiger partial charge in [-0.05, 0) is 66.5 Å². The molecule has 0 saturated carbocycles. The molecule has 2 aromatic rings. The Morgan fingerprint density at radius 3 is 2.30 bits per heavy atom. The molecule has 1 unspecified atom stereocenters. The highest BCUT2D eigenvalue weighted by Crippen LogP contribution is 2.28. The summed E-state index contributed by atoms with van der Waals surface area (Å²) in [6.07, 6.45) is 2.42. The Kier molecular flexibility index (Phi) is 7.85. The summed E-state index contributed by atoms with van der Waals surface area (Å²) in [5.41, 5.74) is 3.10. The van der Waals surface area contributed by atoms with Crippen LogP contribution in [0.1, 0.15) is 69.7 Å². The number of sulfonamides is 1. The summed E-state index contributed by atoms with van der Waals surface area (Å²) < 4.78 is 32.8. The van der Waals surface area contributed by atoms with Gasteiger partial charge in [-0.15, -0.1) is 0 Å². The van der Waals surface area contributed by atoms with Crippen molar-refractivity contribution in [3.05, 3.63) is 59.2 Å². The van der Waals surface area contributed by atoms with Crippen molar-refractivity contribution in [3.63, 3.8) is 0 Å². The number of carbonyl (C=O) groups is 1. The van der Waals surface area contributed by atoms with E-state index in [1.165, 1.54) is 9.87 Å². The number of hydrogen-bond acceptors (Lipinski definition) is 4. The lowest BCUT2D eigenvalue weighted by Gasteiger charge is -2.21.